The van der Waals surface area contributed by atoms with Gasteiger partial charge in [0.15, 0.2) is 0 Å². The fourth-order valence-corrected chi connectivity index (χ4v) is 1.58. The molecule has 4 heteroatoms. The maximum absolute atomic E-state index is 10.4. The lowest BCUT2D eigenvalue weighted by molar-refractivity contribution is -0.137. The molecule has 1 heterocycles. The number of aliphatic carboxylic acids is 1. The standard InChI is InChI=1S/C11H18N2O2/c1-11(2,3)10-8(7-12-13-10)5-4-6-9(14)15/h7H,4-6H2,1-3H3,(H,12,13)(H,14,15). The summed E-state index contributed by atoms with van der Waals surface area (Å²) >= 11 is 0. The van der Waals surface area contributed by atoms with E-state index in [0.29, 0.717) is 6.42 Å². The first-order valence-corrected chi connectivity index (χ1v) is 5.16. The Morgan fingerprint density at radius 2 is 2.20 bits per heavy atom. The molecule has 2 N–H and O–H groups in total. The van der Waals surface area contributed by atoms with E-state index in [2.05, 4.69) is 31.0 Å². The van der Waals surface area contributed by atoms with E-state index in [4.69, 9.17) is 5.11 Å². The van der Waals surface area contributed by atoms with E-state index in [-0.39, 0.29) is 11.8 Å². The molecule has 0 atom stereocenters. The van der Waals surface area contributed by atoms with Crippen LogP contribution in [-0.2, 0) is 16.6 Å². The van der Waals surface area contributed by atoms with Crippen molar-refractivity contribution in [3.8, 4) is 0 Å². The normalized spacial score (nSPS) is 11.7. The number of nitrogens with one attached hydrogen (secondary N) is 1. The molecule has 0 radical (unpaired) electrons. The van der Waals surface area contributed by atoms with Crippen LogP contribution in [0.15, 0.2) is 6.20 Å². The van der Waals surface area contributed by atoms with Crippen molar-refractivity contribution in [3.05, 3.63) is 17.5 Å². The van der Waals surface area contributed by atoms with Crippen LogP contribution in [0.1, 0.15) is 44.9 Å². The number of hydrogen-bond acceptors (Lipinski definition) is 2. The van der Waals surface area contributed by atoms with Crippen molar-refractivity contribution in [2.45, 2.75) is 45.4 Å². The average molecular weight is 210 g/mol. The van der Waals surface area contributed by atoms with E-state index in [1.54, 1.807) is 6.20 Å². The molecule has 0 spiro atoms. The number of hydrogen-bond donors (Lipinski definition) is 2. The molecule has 1 rings (SSSR count). The van der Waals surface area contributed by atoms with E-state index in [9.17, 15) is 4.79 Å². The second kappa shape index (κ2) is 4.47. The first kappa shape index (κ1) is 11.8. The third-order valence-electron chi connectivity index (χ3n) is 2.30. The topological polar surface area (TPSA) is 66.0 Å². The predicted octanol–water partition coefficient (Wildman–Crippen LogP) is 2.11. The number of carbonyl (C=O) groups is 1. The third-order valence-corrected chi connectivity index (χ3v) is 2.30. The van der Waals surface area contributed by atoms with Crippen molar-refractivity contribution in [1.82, 2.24) is 10.2 Å². The molecule has 0 saturated heterocycles. The van der Waals surface area contributed by atoms with Crippen LogP contribution in [0.25, 0.3) is 0 Å². The Hall–Kier alpha value is -1.32. The molecule has 1 aromatic heterocycles. The number of carboxylic acid groups (broad SMARTS) is 1. The highest BCUT2D eigenvalue weighted by Gasteiger charge is 2.19. The molecule has 84 valence electrons. The molecule has 0 saturated carbocycles. The van der Waals surface area contributed by atoms with Crippen LogP contribution in [0.5, 0.6) is 0 Å². The van der Waals surface area contributed by atoms with Gasteiger partial charge in [0.2, 0.25) is 0 Å². The lowest BCUT2D eigenvalue weighted by atomic mass is 9.88. The van der Waals surface area contributed by atoms with Gasteiger partial charge in [-0.15, -0.1) is 0 Å². The van der Waals surface area contributed by atoms with Gasteiger partial charge in [0.25, 0.3) is 0 Å². The molecule has 0 aliphatic rings. The number of nitrogens with zero attached hydrogens (tertiary/aromatic N) is 1. The Morgan fingerprint density at radius 3 is 2.73 bits per heavy atom. The minimum absolute atomic E-state index is 0.0368. The lowest BCUT2D eigenvalue weighted by Gasteiger charge is -2.18. The molecule has 0 aromatic carbocycles. The molecule has 15 heavy (non-hydrogen) atoms. The molecule has 0 fully saturated rings. The fourth-order valence-electron chi connectivity index (χ4n) is 1.58. The maximum atomic E-state index is 10.4. The molecule has 1 aromatic rings. The number of aromatic amines is 1. The van der Waals surface area contributed by atoms with Crippen molar-refractivity contribution in [3.63, 3.8) is 0 Å². The zero-order valence-electron chi connectivity index (χ0n) is 9.50. The summed E-state index contributed by atoms with van der Waals surface area (Å²) in [5.41, 5.74) is 2.27. The Bertz CT molecular complexity index is 337. The summed E-state index contributed by atoms with van der Waals surface area (Å²) in [6.45, 7) is 6.34. The minimum Gasteiger partial charge on any atom is -0.481 e. The van der Waals surface area contributed by atoms with Crippen molar-refractivity contribution >= 4 is 5.97 Å². The van der Waals surface area contributed by atoms with Gasteiger partial charge >= 0.3 is 5.97 Å². The molecule has 0 aliphatic heterocycles. The Morgan fingerprint density at radius 1 is 1.53 bits per heavy atom. The highest BCUT2D eigenvalue weighted by atomic mass is 16.4. The van der Waals surface area contributed by atoms with Crippen LogP contribution in [0.2, 0.25) is 0 Å². The van der Waals surface area contributed by atoms with Gasteiger partial charge in [0.05, 0.1) is 6.20 Å². The number of aromatic nitrogens is 2. The number of carboxylic acids is 1. The Labute approximate surface area is 89.7 Å². The van der Waals surface area contributed by atoms with Crippen molar-refractivity contribution in [2.75, 3.05) is 0 Å². The number of H-pyrrole nitrogens is 1. The lowest BCUT2D eigenvalue weighted by Crippen LogP contribution is -2.14. The van der Waals surface area contributed by atoms with Gasteiger partial charge in [-0.25, -0.2) is 0 Å². The first-order valence-electron chi connectivity index (χ1n) is 5.16. The molecule has 0 amide bonds. The van der Waals surface area contributed by atoms with Gasteiger partial charge in [-0.2, -0.15) is 5.10 Å². The Balaban J connectivity index is 2.62. The van der Waals surface area contributed by atoms with Crippen molar-refractivity contribution in [1.29, 1.82) is 0 Å². The molecule has 4 nitrogen and oxygen atoms in total. The molecule has 0 aliphatic carbocycles. The van der Waals surface area contributed by atoms with Crippen molar-refractivity contribution in [2.24, 2.45) is 0 Å². The van der Waals surface area contributed by atoms with Crippen LogP contribution < -0.4 is 0 Å². The van der Waals surface area contributed by atoms with Gasteiger partial charge in [0, 0.05) is 17.5 Å². The van der Waals surface area contributed by atoms with E-state index in [1.165, 1.54) is 0 Å². The number of aryl methyl sites for hydroxylation is 1. The van der Waals surface area contributed by atoms with Gasteiger partial charge in [0.1, 0.15) is 0 Å². The summed E-state index contributed by atoms with van der Waals surface area (Å²) in [6.07, 6.45) is 3.45. The summed E-state index contributed by atoms with van der Waals surface area (Å²) in [6, 6.07) is 0. The minimum atomic E-state index is -0.740. The summed E-state index contributed by atoms with van der Waals surface area (Å²) in [4.78, 5) is 10.4. The smallest absolute Gasteiger partial charge is 0.303 e. The molecule has 0 unspecified atom stereocenters. The largest absolute Gasteiger partial charge is 0.481 e. The zero-order valence-corrected chi connectivity index (χ0v) is 9.50. The first-order chi connectivity index (χ1) is 6.91. The maximum Gasteiger partial charge on any atom is 0.303 e. The fraction of sp³-hybridized carbons (Fsp3) is 0.636. The molecular formula is C11H18N2O2. The van der Waals surface area contributed by atoms with Gasteiger partial charge in [-0.05, 0) is 18.4 Å². The molecule has 0 bridgehead atoms. The summed E-state index contributed by atoms with van der Waals surface area (Å²) in [5.74, 6) is -0.740. The highest BCUT2D eigenvalue weighted by Crippen LogP contribution is 2.24. The quantitative estimate of drug-likeness (QED) is 0.799. The van der Waals surface area contributed by atoms with E-state index in [0.717, 1.165) is 17.7 Å². The highest BCUT2D eigenvalue weighted by molar-refractivity contribution is 5.66. The van der Waals surface area contributed by atoms with E-state index >= 15 is 0 Å². The summed E-state index contributed by atoms with van der Waals surface area (Å²) in [7, 11) is 0. The van der Waals surface area contributed by atoms with Gasteiger partial charge in [-0.3, -0.25) is 9.89 Å². The second-order valence-electron chi connectivity index (χ2n) is 4.77. The molecular weight excluding hydrogens is 192 g/mol. The second-order valence-corrected chi connectivity index (χ2v) is 4.77. The Kier molecular flexibility index (Phi) is 3.50. The SMILES string of the molecule is CC(C)(C)c1[nH]ncc1CCCC(=O)O. The van der Waals surface area contributed by atoms with Gasteiger partial charge < -0.3 is 5.11 Å². The van der Waals surface area contributed by atoms with E-state index in [1.807, 2.05) is 0 Å². The summed E-state index contributed by atoms with van der Waals surface area (Å²) < 4.78 is 0. The average Bonchev–Trinajstić information content (AvgIpc) is 2.50. The van der Waals surface area contributed by atoms with Crippen LogP contribution in [0.3, 0.4) is 0 Å². The van der Waals surface area contributed by atoms with Crippen molar-refractivity contribution < 1.29 is 9.90 Å². The van der Waals surface area contributed by atoms with Gasteiger partial charge in [-0.1, -0.05) is 20.8 Å². The zero-order chi connectivity index (χ0) is 11.5. The number of rotatable bonds is 4. The predicted molar refractivity (Wildman–Crippen MR) is 57.9 cm³/mol. The van der Waals surface area contributed by atoms with E-state index < -0.39 is 5.97 Å². The summed E-state index contributed by atoms with van der Waals surface area (Å²) in [5, 5.41) is 15.5. The van der Waals surface area contributed by atoms with Crippen LogP contribution >= 0.6 is 0 Å². The monoisotopic (exact) mass is 210 g/mol. The van der Waals surface area contributed by atoms with Crippen LogP contribution in [0, 0.1) is 0 Å². The third kappa shape index (κ3) is 3.38. The van der Waals surface area contributed by atoms with Crippen LogP contribution in [-0.4, -0.2) is 21.3 Å². The van der Waals surface area contributed by atoms with Crippen LogP contribution in [0.4, 0.5) is 0 Å².